The van der Waals surface area contributed by atoms with E-state index < -0.39 is 0 Å². The molecule has 84 valence electrons. The summed E-state index contributed by atoms with van der Waals surface area (Å²) in [7, 11) is 0. The van der Waals surface area contributed by atoms with E-state index in [1.165, 1.54) is 11.1 Å². The maximum Gasteiger partial charge on any atom is 0.194 e. The van der Waals surface area contributed by atoms with Crippen molar-refractivity contribution in [3.05, 3.63) is 58.1 Å². The summed E-state index contributed by atoms with van der Waals surface area (Å²) in [6, 6.07) is 10.0. The molecule has 0 heterocycles. The summed E-state index contributed by atoms with van der Waals surface area (Å²) in [5.74, 6) is 0.177. The lowest BCUT2D eigenvalue weighted by Gasteiger charge is -2.10. The van der Waals surface area contributed by atoms with Crippen molar-refractivity contribution >= 4 is 5.78 Å². The van der Waals surface area contributed by atoms with E-state index in [4.69, 9.17) is 0 Å². The highest BCUT2D eigenvalue weighted by Crippen LogP contribution is 2.39. The van der Waals surface area contributed by atoms with Gasteiger partial charge in [0, 0.05) is 11.1 Å². The molecular formula is C16H14O. The monoisotopic (exact) mass is 222 g/mol. The van der Waals surface area contributed by atoms with Gasteiger partial charge in [-0.2, -0.15) is 0 Å². The summed E-state index contributed by atoms with van der Waals surface area (Å²) in [6.07, 6.45) is 0. The van der Waals surface area contributed by atoms with Gasteiger partial charge < -0.3 is 0 Å². The lowest BCUT2D eigenvalue weighted by molar-refractivity contribution is 0.104. The molecule has 17 heavy (non-hydrogen) atoms. The molecule has 0 bridgehead atoms. The SMILES string of the molecule is Cc1cc2c(c(C)c1C)C(=O)c1ccccc1-2. The van der Waals surface area contributed by atoms with Gasteiger partial charge in [-0.05, 0) is 48.6 Å². The largest absolute Gasteiger partial charge is 0.289 e. The van der Waals surface area contributed by atoms with E-state index in [0.717, 1.165) is 27.8 Å². The van der Waals surface area contributed by atoms with Crippen LogP contribution in [0.2, 0.25) is 0 Å². The zero-order valence-corrected chi connectivity index (χ0v) is 10.3. The van der Waals surface area contributed by atoms with Crippen LogP contribution in [0, 0.1) is 20.8 Å². The van der Waals surface area contributed by atoms with Gasteiger partial charge in [0.15, 0.2) is 5.78 Å². The molecule has 0 aromatic heterocycles. The third-order valence-electron chi connectivity index (χ3n) is 3.85. The molecule has 0 N–H and O–H groups in total. The molecule has 0 aliphatic heterocycles. The van der Waals surface area contributed by atoms with E-state index in [9.17, 15) is 4.79 Å². The molecule has 0 atom stereocenters. The summed E-state index contributed by atoms with van der Waals surface area (Å²) in [5.41, 5.74) is 7.53. The normalized spacial score (nSPS) is 12.5. The number of hydrogen-bond donors (Lipinski definition) is 0. The lowest BCUT2D eigenvalue weighted by atomic mass is 9.94. The maximum atomic E-state index is 12.4. The molecule has 1 heteroatoms. The van der Waals surface area contributed by atoms with Gasteiger partial charge in [-0.1, -0.05) is 30.3 Å². The van der Waals surface area contributed by atoms with Gasteiger partial charge in [-0.25, -0.2) is 0 Å². The van der Waals surface area contributed by atoms with Crippen LogP contribution in [0.25, 0.3) is 11.1 Å². The number of benzene rings is 2. The molecule has 2 aromatic carbocycles. The fourth-order valence-electron chi connectivity index (χ4n) is 2.64. The molecule has 0 unspecified atom stereocenters. The first-order valence-electron chi connectivity index (χ1n) is 5.86. The highest BCUT2D eigenvalue weighted by Gasteiger charge is 2.28. The highest BCUT2D eigenvalue weighted by atomic mass is 16.1. The van der Waals surface area contributed by atoms with Gasteiger partial charge >= 0.3 is 0 Å². The van der Waals surface area contributed by atoms with Crippen LogP contribution in [0.1, 0.15) is 32.6 Å². The Morgan fingerprint density at radius 1 is 0.824 bits per heavy atom. The summed E-state index contributed by atoms with van der Waals surface area (Å²) >= 11 is 0. The first-order chi connectivity index (χ1) is 8.11. The zero-order chi connectivity index (χ0) is 12.2. The average Bonchev–Trinajstić information content (AvgIpc) is 2.61. The van der Waals surface area contributed by atoms with E-state index >= 15 is 0 Å². The van der Waals surface area contributed by atoms with Gasteiger partial charge in [0.1, 0.15) is 0 Å². The van der Waals surface area contributed by atoms with Crippen LogP contribution in [-0.2, 0) is 0 Å². The Balaban J connectivity index is 2.44. The predicted molar refractivity (Wildman–Crippen MR) is 69.5 cm³/mol. The van der Waals surface area contributed by atoms with Crippen molar-refractivity contribution in [1.29, 1.82) is 0 Å². The fraction of sp³-hybridized carbons (Fsp3) is 0.188. The van der Waals surface area contributed by atoms with Crippen molar-refractivity contribution in [2.75, 3.05) is 0 Å². The second kappa shape index (κ2) is 3.30. The van der Waals surface area contributed by atoms with Gasteiger partial charge in [0.05, 0.1) is 0 Å². The van der Waals surface area contributed by atoms with Crippen molar-refractivity contribution in [2.24, 2.45) is 0 Å². The standard InChI is InChI=1S/C16H14O/c1-9-8-14-12-6-4-5-7-13(12)16(17)15(14)11(3)10(9)2/h4-8H,1-3H3. The predicted octanol–water partition coefficient (Wildman–Crippen LogP) is 3.82. The van der Waals surface area contributed by atoms with Crippen molar-refractivity contribution in [3.8, 4) is 11.1 Å². The fourth-order valence-corrected chi connectivity index (χ4v) is 2.64. The Bertz CT molecular complexity index is 651. The Morgan fingerprint density at radius 2 is 1.47 bits per heavy atom. The second-order valence-corrected chi connectivity index (χ2v) is 4.74. The van der Waals surface area contributed by atoms with Crippen molar-refractivity contribution in [3.63, 3.8) is 0 Å². The number of fused-ring (bicyclic) bond motifs is 3. The molecule has 0 radical (unpaired) electrons. The molecule has 1 nitrogen and oxygen atoms in total. The Labute approximate surface area is 101 Å². The van der Waals surface area contributed by atoms with Crippen LogP contribution < -0.4 is 0 Å². The summed E-state index contributed by atoms with van der Waals surface area (Å²) in [5, 5.41) is 0. The van der Waals surface area contributed by atoms with Gasteiger partial charge in [0.25, 0.3) is 0 Å². The average molecular weight is 222 g/mol. The minimum absolute atomic E-state index is 0.177. The first-order valence-corrected chi connectivity index (χ1v) is 5.86. The minimum atomic E-state index is 0.177. The van der Waals surface area contributed by atoms with E-state index in [2.05, 4.69) is 19.9 Å². The quantitative estimate of drug-likeness (QED) is 0.565. The minimum Gasteiger partial charge on any atom is -0.289 e. The molecule has 0 spiro atoms. The van der Waals surface area contributed by atoms with E-state index in [-0.39, 0.29) is 5.78 Å². The number of carbonyl (C=O) groups excluding carboxylic acids is 1. The molecule has 2 aromatic rings. The molecule has 3 rings (SSSR count). The van der Waals surface area contributed by atoms with Crippen molar-refractivity contribution in [1.82, 2.24) is 0 Å². The maximum absolute atomic E-state index is 12.4. The van der Waals surface area contributed by atoms with Crippen LogP contribution >= 0.6 is 0 Å². The smallest absolute Gasteiger partial charge is 0.194 e. The number of ketones is 1. The van der Waals surface area contributed by atoms with Crippen molar-refractivity contribution < 1.29 is 4.79 Å². The zero-order valence-electron chi connectivity index (χ0n) is 10.3. The highest BCUT2D eigenvalue weighted by molar-refractivity contribution is 6.22. The molecule has 0 fully saturated rings. The molecule has 1 aliphatic rings. The molecule has 1 aliphatic carbocycles. The van der Waals surface area contributed by atoms with E-state index in [1.807, 2.05) is 31.2 Å². The molecule has 0 amide bonds. The number of aryl methyl sites for hydroxylation is 1. The molecular weight excluding hydrogens is 208 g/mol. The molecule has 0 saturated carbocycles. The van der Waals surface area contributed by atoms with Crippen LogP contribution in [0.4, 0.5) is 0 Å². The van der Waals surface area contributed by atoms with Crippen LogP contribution in [-0.4, -0.2) is 5.78 Å². The third kappa shape index (κ3) is 1.22. The van der Waals surface area contributed by atoms with Gasteiger partial charge in [0.2, 0.25) is 0 Å². The third-order valence-corrected chi connectivity index (χ3v) is 3.85. The number of carbonyl (C=O) groups is 1. The first kappa shape index (κ1) is 10.3. The summed E-state index contributed by atoms with van der Waals surface area (Å²) < 4.78 is 0. The van der Waals surface area contributed by atoms with Crippen LogP contribution in [0.15, 0.2) is 30.3 Å². The van der Waals surface area contributed by atoms with Crippen LogP contribution in [0.3, 0.4) is 0 Å². The Morgan fingerprint density at radius 3 is 2.18 bits per heavy atom. The summed E-state index contributed by atoms with van der Waals surface area (Å²) in [6.45, 7) is 6.24. The van der Waals surface area contributed by atoms with Crippen molar-refractivity contribution in [2.45, 2.75) is 20.8 Å². The second-order valence-electron chi connectivity index (χ2n) is 4.74. The van der Waals surface area contributed by atoms with Crippen LogP contribution in [0.5, 0.6) is 0 Å². The lowest BCUT2D eigenvalue weighted by Crippen LogP contribution is -2.00. The van der Waals surface area contributed by atoms with Gasteiger partial charge in [-0.3, -0.25) is 4.79 Å². The Hall–Kier alpha value is -1.89. The van der Waals surface area contributed by atoms with E-state index in [1.54, 1.807) is 0 Å². The van der Waals surface area contributed by atoms with Gasteiger partial charge in [-0.15, -0.1) is 0 Å². The number of rotatable bonds is 0. The number of hydrogen-bond acceptors (Lipinski definition) is 1. The van der Waals surface area contributed by atoms with E-state index in [0.29, 0.717) is 0 Å². The Kier molecular flexibility index (Phi) is 1.99. The molecule has 0 saturated heterocycles. The topological polar surface area (TPSA) is 17.1 Å². The summed E-state index contributed by atoms with van der Waals surface area (Å²) in [4.78, 5) is 12.4.